The van der Waals surface area contributed by atoms with Crippen LogP contribution in [0.5, 0.6) is 5.75 Å². The largest absolute Gasteiger partial charge is 0.481 e. The molecule has 0 spiro atoms. The Bertz CT molecular complexity index is 981. The van der Waals surface area contributed by atoms with Crippen molar-refractivity contribution in [2.45, 2.75) is 70.1 Å². The van der Waals surface area contributed by atoms with Crippen molar-refractivity contribution in [3.8, 4) is 5.75 Å². The van der Waals surface area contributed by atoms with Crippen LogP contribution in [0.25, 0.3) is 0 Å². The Labute approximate surface area is 215 Å². The zero-order chi connectivity index (χ0) is 24.7. The molecule has 3 saturated heterocycles. The number of aromatic nitrogens is 2. The van der Waals surface area contributed by atoms with Gasteiger partial charge in [0.25, 0.3) is 5.91 Å². The molecule has 0 saturated carbocycles. The fraction of sp³-hybridized carbons (Fsp3) is 0.607. The van der Waals surface area contributed by atoms with E-state index in [1.54, 1.807) is 0 Å². The number of hydrogen-bond donors (Lipinski definition) is 1. The predicted molar refractivity (Wildman–Crippen MR) is 142 cm³/mol. The third kappa shape index (κ3) is 6.27. The number of carbonyl (C=O) groups is 1. The van der Waals surface area contributed by atoms with E-state index in [0.29, 0.717) is 12.1 Å². The second-order valence-electron chi connectivity index (χ2n) is 10.4. The smallest absolute Gasteiger partial charge is 0.263 e. The molecule has 194 valence electrons. The van der Waals surface area contributed by atoms with Gasteiger partial charge in [0, 0.05) is 57.5 Å². The maximum atomic E-state index is 13.1. The van der Waals surface area contributed by atoms with E-state index in [0.717, 1.165) is 76.0 Å². The Morgan fingerprint density at radius 1 is 0.972 bits per heavy atom. The van der Waals surface area contributed by atoms with Gasteiger partial charge in [0.1, 0.15) is 11.6 Å². The number of amides is 1. The third-order valence-corrected chi connectivity index (χ3v) is 7.75. The normalized spacial score (nSPS) is 24.2. The summed E-state index contributed by atoms with van der Waals surface area (Å²) in [6.07, 6.45) is 9.73. The molecule has 1 N–H and O–H groups in total. The van der Waals surface area contributed by atoms with Crippen molar-refractivity contribution in [1.29, 1.82) is 0 Å². The molecule has 4 heterocycles. The number of anilines is 2. The van der Waals surface area contributed by atoms with Gasteiger partial charge in [-0.2, -0.15) is 4.98 Å². The van der Waals surface area contributed by atoms with Gasteiger partial charge in [-0.1, -0.05) is 31.0 Å². The molecule has 1 amide bonds. The van der Waals surface area contributed by atoms with E-state index in [-0.39, 0.29) is 5.91 Å². The number of benzene rings is 1. The van der Waals surface area contributed by atoms with E-state index in [2.05, 4.69) is 20.1 Å². The van der Waals surface area contributed by atoms with E-state index in [4.69, 9.17) is 9.72 Å². The minimum atomic E-state index is -0.479. The average Bonchev–Trinajstić information content (AvgIpc) is 3.20. The van der Waals surface area contributed by atoms with Crippen LogP contribution in [-0.2, 0) is 4.79 Å². The van der Waals surface area contributed by atoms with Gasteiger partial charge >= 0.3 is 0 Å². The lowest BCUT2D eigenvalue weighted by atomic mass is 10.0. The monoisotopic (exact) mass is 492 g/mol. The molecule has 3 unspecified atom stereocenters. The molecule has 3 aliphatic heterocycles. The van der Waals surface area contributed by atoms with Crippen LogP contribution in [0, 0.1) is 0 Å². The maximum Gasteiger partial charge on any atom is 0.263 e. The minimum absolute atomic E-state index is 0.0798. The number of nitrogens with one attached hydrogen (secondary N) is 1. The molecule has 3 atom stereocenters. The van der Waals surface area contributed by atoms with Gasteiger partial charge in [-0.3, -0.25) is 9.69 Å². The molecule has 2 aromatic rings. The Kier molecular flexibility index (Phi) is 8.21. The van der Waals surface area contributed by atoms with Crippen molar-refractivity contribution in [2.75, 3.05) is 49.5 Å². The lowest BCUT2D eigenvalue weighted by Crippen LogP contribution is -2.52. The molecule has 0 aliphatic carbocycles. The van der Waals surface area contributed by atoms with E-state index in [1.807, 2.05) is 54.4 Å². The first-order chi connectivity index (χ1) is 17.7. The summed E-state index contributed by atoms with van der Waals surface area (Å²) < 4.78 is 5.90. The van der Waals surface area contributed by atoms with Crippen molar-refractivity contribution in [2.24, 2.45) is 0 Å². The molecular weight excluding hydrogens is 452 g/mol. The van der Waals surface area contributed by atoms with E-state index in [9.17, 15) is 4.79 Å². The molecule has 1 aromatic carbocycles. The number of carbonyl (C=O) groups excluding carboxylic acids is 1. The SMILES string of the molecule is CC(Oc1ccccc1)C(=O)N1CCCC(N2CCC(Nc3nccc(N4CCCCCC4)n3)C2)C1. The van der Waals surface area contributed by atoms with Gasteiger partial charge in [0.2, 0.25) is 5.95 Å². The van der Waals surface area contributed by atoms with Crippen molar-refractivity contribution >= 4 is 17.7 Å². The number of hydrogen-bond acceptors (Lipinski definition) is 7. The number of ether oxygens (including phenoxy) is 1. The summed E-state index contributed by atoms with van der Waals surface area (Å²) in [5.41, 5.74) is 0. The van der Waals surface area contributed by atoms with Gasteiger partial charge in [0.15, 0.2) is 6.10 Å². The van der Waals surface area contributed by atoms with E-state index < -0.39 is 6.10 Å². The molecule has 8 heteroatoms. The number of para-hydroxylation sites is 1. The second-order valence-corrected chi connectivity index (χ2v) is 10.4. The molecular formula is C28H40N6O2. The highest BCUT2D eigenvalue weighted by molar-refractivity contribution is 5.81. The molecule has 5 rings (SSSR count). The van der Waals surface area contributed by atoms with Crippen molar-refractivity contribution in [1.82, 2.24) is 19.8 Å². The summed E-state index contributed by atoms with van der Waals surface area (Å²) >= 11 is 0. The Balaban J connectivity index is 1.13. The number of piperidine rings is 1. The summed E-state index contributed by atoms with van der Waals surface area (Å²) in [5.74, 6) is 2.59. The highest BCUT2D eigenvalue weighted by Gasteiger charge is 2.34. The van der Waals surface area contributed by atoms with Crippen molar-refractivity contribution < 1.29 is 9.53 Å². The van der Waals surface area contributed by atoms with Gasteiger partial charge in [-0.15, -0.1) is 0 Å². The molecule has 0 radical (unpaired) electrons. The lowest BCUT2D eigenvalue weighted by molar-refractivity contribution is -0.140. The maximum absolute atomic E-state index is 13.1. The number of rotatable bonds is 7. The Hall–Kier alpha value is -2.87. The molecule has 8 nitrogen and oxygen atoms in total. The second kappa shape index (κ2) is 11.9. The number of likely N-dealkylation sites (tertiary alicyclic amines) is 2. The first kappa shape index (κ1) is 24.8. The zero-order valence-corrected chi connectivity index (χ0v) is 21.5. The van der Waals surface area contributed by atoms with Crippen LogP contribution in [0.4, 0.5) is 11.8 Å². The van der Waals surface area contributed by atoms with Crippen LogP contribution < -0.4 is 15.0 Å². The summed E-state index contributed by atoms with van der Waals surface area (Å²) in [6, 6.07) is 12.4. The lowest BCUT2D eigenvalue weighted by Gasteiger charge is -2.38. The number of nitrogens with zero attached hydrogens (tertiary/aromatic N) is 5. The zero-order valence-electron chi connectivity index (χ0n) is 21.5. The fourth-order valence-corrected chi connectivity index (χ4v) is 5.78. The van der Waals surface area contributed by atoms with Gasteiger partial charge in [0.05, 0.1) is 0 Å². The summed E-state index contributed by atoms with van der Waals surface area (Å²) in [4.78, 5) is 29.4. The predicted octanol–water partition coefficient (Wildman–Crippen LogP) is 3.80. The fourth-order valence-electron chi connectivity index (χ4n) is 5.78. The first-order valence-corrected chi connectivity index (χ1v) is 13.7. The first-order valence-electron chi connectivity index (χ1n) is 13.7. The minimum Gasteiger partial charge on any atom is -0.481 e. The van der Waals surface area contributed by atoms with Gasteiger partial charge in [-0.25, -0.2) is 4.98 Å². The Morgan fingerprint density at radius 3 is 2.58 bits per heavy atom. The van der Waals surface area contributed by atoms with E-state index >= 15 is 0 Å². The molecule has 3 aliphatic rings. The summed E-state index contributed by atoms with van der Waals surface area (Å²) in [6.45, 7) is 7.60. The van der Waals surface area contributed by atoms with Gasteiger partial charge < -0.3 is 19.9 Å². The highest BCUT2D eigenvalue weighted by Crippen LogP contribution is 2.24. The third-order valence-electron chi connectivity index (χ3n) is 7.75. The van der Waals surface area contributed by atoms with Crippen molar-refractivity contribution in [3.05, 3.63) is 42.6 Å². The summed E-state index contributed by atoms with van der Waals surface area (Å²) in [5, 5.41) is 3.59. The van der Waals surface area contributed by atoms with Crippen LogP contribution in [0.2, 0.25) is 0 Å². The quantitative estimate of drug-likeness (QED) is 0.630. The summed E-state index contributed by atoms with van der Waals surface area (Å²) in [7, 11) is 0. The standard InChI is InChI=1S/C28H40N6O2/c1-22(36-25-11-5-4-6-12-25)27(35)34-18-9-10-24(21-34)33-19-14-23(20-33)30-28-29-15-13-26(31-28)32-16-7-2-3-8-17-32/h4-6,11-13,15,22-24H,2-3,7-10,14,16-21H2,1H3,(H,29,30,31). The van der Waals surface area contributed by atoms with Crippen LogP contribution in [-0.4, -0.2) is 83.1 Å². The van der Waals surface area contributed by atoms with E-state index in [1.165, 1.54) is 25.7 Å². The topological polar surface area (TPSA) is 73.8 Å². The van der Waals surface area contributed by atoms with Crippen LogP contribution in [0.3, 0.4) is 0 Å². The average molecular weight is 493 g/mol. The molecule has 36 heavy (non-hydrogen) atoms. The molecule has 3 fully saturated rings. The van der Waals surface area contributed by atoms with Crippen LogP contribution >= 0.6 is 0 Å². The van der Waals surface area contributed by atoms with Crippen LogP contribution in [0.1, 0.15) is 51.9 Å². The molecule has 1 aromatic heterocycles. The van der Waals surface area contributed by atoms with Crippen LogP contribution in [0.15, 0.2) is 42.6 Å². The molecule has 0 bridgehead atoms. The highest BCUT2D eigenvalue weighted by atomic mass is 16.5. The van der Waals surface area contributed by atoms with Crippen molar-refractivity contribution in [3.63, 3.8) is 0 Å². The Morgan fingerprint density at radius 2 is 1.78 bits per heavy atom. The van der Waals surface area contributed by atoms with Gasteiger partial charge in [-0.05, 0) is 57.2 Å².